The summed E-state index contributed by atoms with van der Waals surface area (Å²) in [6.07, 6.45) is -2.29. The fourth-order valence-corrected chi connectivity index (χ4v) is 0.299. The molecule has 0 aromatic carbocycles. The smallest absolute Gasteiger partial charge is 0.290 e. The molecular weight excluding hydrogens is 234 g/mol. The lowest BCUT2D eigenvalue weighted by molar-refractivity contribution is 0.341. The molecule has 0 saturated carbocycles. The molecule has 0 bridgehead atoms. The van der Waals surface area contributed by atoms with Crippen molar-refractivity contribution in [3.8, 4) is 0 Å². The van der Waals surface area contributed by atoms with Gasteiger partial charge in [0.25, 0.3) is 5.95 Å². The molecule has 0 fully saturated rings. The van der Waals surface area contributed by atoms with Crippen molar-refractivity contribution in [3.63, 3.8) is 0 Å². The van der Waals surface area contributed by atoms with E-state index in [0.29, 0.717) is 3.11 Å². The Morgan fingerprint density at radius 3 is 1.75 bits per heavy atom. The van der Waals surface area contributed by atoms with Crippen LogP contribution in [0, 0.1) is 0 Å². The lowest BCUT2D eigenvalue weighted by Gasteiger charge is -2.01. The van der Waals surface area contributed by atoms with E-state index in [-0.39, 0.29) is 0 Å². The standard InChI is InChI=1S/C3H3F3IN/c1-8(7)3(6)2(4)5/h1H3. The van der Waals surface area contributed by atoms with Crippen molar-refractivity contribution in [3.05, 3.63) is 12.0 Å². The summed E-state index contributed by atoms with van der Waals surface area (Å²) in [5.74, 6) is -1.49. The highest BCUT2D eigenvalue weighted by Crippen LogP contribution is 2.15. The summed E-state index contributed by atoms with van der Waals surface area (Å²) in [6.45, 7) is 0. The molecule has 0 unspecified atom stereocenters. The molecule has 48 valence electrons. The number of rotatable bonds is 1. The number of hydrogen-bond acceptors (Lipinski definition) is 1. The summed E-state index contributed by atoms with van der Waals surface area (Å²) in [5.41, 5.74) is 0. The minimum atomic E-state index is -2.29. The van der Waals surface area contributed by atoms with E-state index in [1.807, 2.05) is 0 Å². The van der Waals surface area contributed by atoms with Gasteiger partial charge < -0.3 is 0 Å². The fourth-order valence-electron chi connectivity index (χ4n) is 0.116. The van der Waals surface area contributed by atoms with Crippen molar-refractivity contribution >= 4 is 22.9 Å². The van der Waals surface area contributed by atoms with Crippen LogP contribution < -0.4 is 0 Å². The van der Waals surface area contributed by atoms with Gasteiger partial charge in [-0.1, -0.05) is 0 Å². The third kappa shape index (κ3) is 2.39. The lowest BCUT2D eigenvalue weighted by Crippen LogP contribution is -1.98. The maximum absolute atomic E-state index is 11.7. The van der Waals surface area contributed by atoms with Crippen LogP contribution in [0.25, 0.3) is 0 Å². The molecule has 1 nitrogen and oxygen atoms in total. The van der Waals surface area contributed by atoms with E-state index in [0.717, 1.165) is 0 Å². The molecule has 0 amide bonds. The van der Waals surface area contributed by atoms with E-state index < -0.39 is 12.0 Å². The minimum absolute atomic E-state index is 0.674. The zero-order valence-electron chi connectivity index (χ0n) is 3.96. The first kappa shape index (κ1) is 8.06. The van der Waals surface area contributed by atoms with Gasteiger partial charge in [0, 0.05) is 7.05 Å². The lowest BCUT2D eigenvalue weighted by atomic mass is 10.9. The van der Waals surface area contributed by atoms with Crippen LogP contribution in [-0.4, -0.2) is 10.2 Å². The molecule has 0 N–H and O–H groups in total. The number of nitrogens with zero attached hydrogens (tertiary/aromatic N) is 1. The molecule has 8 heavy (non-hydrogen) atoms. The molecule has 0 spiro atoms. The van der Waals surface area contributed by atoms with E-state index in [1.54, 1.807) is 0 Å². The quantitative estimate of drug-likeness (QED) is 0.384. The van der Waals surface area contributed by atoms with Gasteiger partial charge in [-0.25, -0.2) is 0 Å². The van der Waals surface area contributed by atoms with Crippen LogP contribution in [-0.2, 0) is 0 Å². The Kier molecular flexibility index (Phi) is 3.18. The van der Waals surface area contributed by atoms with E-state index in [2.05, 4.69) is 0 Å². The maximum atomic E-state index is 11.7. The first-order valence-corrected chi connectivity index (χ1v) is 2.62. The Balaban J connectivity index is 4.00. The van der Waals surface area contributed by atoms with Gasteiger partial charge in [-0.3, -0.25) is 3.11 Å². The van der Waals surface area contributed by atoms with Crippen molar-refractivity contribution in [2.24, 2.45) is 0 Å². The highest BCUT2D eigenvalue weighted by molar-refractivity contribution is 14.1. The molecule has 0 aliphatic heterocycles. The monoisotopic (exact) mass is 237 g/mol. The number of halogens is 4. The molecular formula is C3H3F3IN. The van der Waals surface area contributed by atoms with Crippen molar-refractivity contribution in [1.29, 1.82) is 0 Å². The molecule has 0 aliphatic carbocycles. The van der Waals surface area contributed by atoms with E-state index >= 15 is 0 Å². The summed E-state index contributed by atoms with van der Waals surface area (Å²) < 4.78 is 34.6. The molecule has 0 atom stereocenters. The highest BCUT2D eigenvalue weighted by Gasteiger charge is 2.06. The van der Waals surface area contributed by atoms with Crippen molar-refractivity contribution < 1.29 is 13.2 Å². The second-order valence-corrected chi connectivity index (χ2v) is 2.48. The fraction of sp³-hybridized carbons (Fsp3) is 0.333. The predicted molar refractivity (Wildman–Crippen MR) is 32.1 cm³/mol. The molecule has 0 radical (unpaired) electrons. The normalized spacial score (nSPS) is 8.62. The first-order valence-electron chi connectivity index (χ1n) is 1.66. The van der Waals surface area contributed by atoms with Gasteiger partial charge in [-0.2, -0.15) is 13.2 Å². The molecule has 0 aromatic rings. The topological polar surface area (TPSA) is 3.24 Å². The Labute approximate surface area is 58.7 Å². The third-order valence-corrected chi connectivity index (χ3v) is 0.850. The third-order valence-electron chi connectivity index (χ3n) is 0.426. The van der Waals surface area contributed by atoms with E-state index in [4.69, 9.17) is 0 Å². The van der Waals surface area contributed by atoms with Gasteiger partial charge >= 0.3 is 6.08 Å². The van der Waals surface area contributed by atoms with E-state index in [1.165, 1.54) is 29.9 Å². The van der Waals surface area contributed by atoms with Crippen LogP contribution in [0.3, 0.4) is 0 Å². The second kappa shape index (κ2) is 3.16. The average Bonchev–Trinajstić information content (AvgIpc) is 1.64. The summed E-state index contributed by atoms with van der Waals surface area (Å²) >= 11 is 1.40. The SMILES string of the molecule is CN(I)C(F)=C(F)F. The van der Waals surface area contributed by atoms with Gasteiger partial charge in [0.1, 0.15) is 0 Å². The van der Waals surface area contributed by atoms with Crippen molar-refractivity contribution in [1.82, 2.24) is 3.11 Å². The molecule has 0 aromatic heterocycles. The zero-order chi connectivity index (χ0) is 6.73. The molecule has 0 aliphatic rings. The summed E-state index contributed by atoms with van der Waals surface area (Å²) in [6, 6.07) is 0. The Morgan fingerprint density at radius 1 is 1.38 bits per heavy atom. The predicted octanol–water partition coefficient (Wildman–Crippen LogP) is 2.30. The van der Waals surface area contributed by atoms with Gasteiger partial charge in [0.05, 0.1) is 22.9 Å². The molecule has 0 heterocycles. The van der Waals surface area contributed by atoms with Crippen LogP contribution >= 0.6 is 22.9 Å². The van der Waals surface area contributed by atoms with Crippen LogP contribution in [0.2, 0.25) is 0 Å². The van der Waals surface area contributed by atoms with E-state index in [9.17, 15) is 13.2 Å². The van der Waals surface area contributed by atoms with Crippen LogP contribution in [0.1, 0.15) is 0 Å². The largest absolute Gasteiger partial charge is 0.323 e. The van der Waals surface area contributed by atoms with Crippen molar-refractivity contribution in [2.45, 2.75) is 0 Å². The average molecular weight is 237 g/mol. The van der Waals surface area contributed by atoms with Gasteiger partial charge in [0.2, 0.25) is 0 Å². The van der Waals surface area contributed by atoms with Gasteiger partial charge in [0.15, 0.2) is 0 Å². The molecule has 0 saturated heterocycles. The van der Waals surface area contributed by atoms with Gasteiger partial charge in [-0.05, 0) is 0 Å². The zero-order valence-corrected chi connectivity index (χ0v) is 6.12. The van der Waals surface area contributed by atoms with Gasteiger partial charge in [-0.15, -0.1) is 0 Å². The second-order valence-electron chi connectivity index (χ2n) is 1.03. The highest BCUT2D eigenvalue weighted by atomic mass is 127. The van der Waals surface area contributed by atoms with Crippen molar-refractivity contribution in [2.75, 3.05) is 7.05 Å². The minimum Gasteiger partial charge on any atom is -0.290 e. The van der Waals surface area contributed by atoms with Crippen LogP contribution in [0.5, 0.6) is 0 Å². The molecule has 5 heteroatoms. The first-order chi connectivity index (χ1) is 3.55. The number of hydrogen-bond donors (Lipinski definition) is 0. The summed E-state index contributed by atoms with van der Waals surface area (Å²) in [7, 11) is 1.19. The Bertz CT molecular complexity index is 107. The summed E-state index contributed by atoms with van der Waals surface area (Å²) in [4.78, 5) is 0. The maximum Gasteiger partial charge on any atom is 0.323 e. The molecule has 0 rings (SSSR count). The summed E-state index contributed by atoms with van der Waals surface area (Å²) in [5, 5.41) is 0. The Morgan fingerprint density at radius 2 is 1.75 bits per heavy atom. The van der Waals surface area contributed by atoms with Crippen LogP contribution in [0.4, 0.5) is 13.2 Å². The van der Waals surface area contributed by atoms with Crippen LogP contribution in [0.15, 0.2) is 12.0 Å². The Hall–Kier alpha value is 0.0600.